The smallest absolute Gasteiger partial charge is 0.248 e. The molecular weight excluding hydrogens is 250 g/mol. The molecule has 80 valence electrons. The van der Waals surface area contributed by atoms with Crippen molar-refractivity contribution in [2.24, 2.45) is 0 Å². The second-order valence-electron chi connectivity index (χ2n) is 3.25. The molecule has 0 aliphatic heterocycles. The van der Waals surface area contributed by atoms with Crippen molar-refractivity contribution in [1.29, 1.82) is 0 Å². The molecule has 5 heteroatoms. The minimum absolute atomic E-state index is 0.409. The first kappa shape index (κ1) is 14.0. The maximum absolute atomic E-state index is 13.1. The zero-order valence-corrected chi connectivity index (χ0v) is 11.1. The molecule has 0 rings (SSSR count). The van der Waals surface area contributed by atoms with Crippen LogP contribution in [0.3, 0.4) is 0 Å². The van der Waals surface area contributed by atoms with Crippen molar-refractivity contribution in [1.82, 2.24) is 0 Å². The first-order chi connectivity index (χ1) is 5.95. The summed E-state index contributed by atoms with van der Waals surface area (Å²) in [5.41, 5.74) is 0. The summed E-state index contributed by atoms with van der Waals surface area (Å²) in [5.74, 6) is 0. The van der Waals surface area contributed by atoms with Gasteiger partial charge in [-0.25, -0.2) is 4.39 Å². The van der Waals surface area contributed by atoms with Crippen LogP contribution in [0.5, 0.6) is 0 Å². The monoisotopic (exact) mass is 264 g/mol. The van der Waals surface area contributed by atoms with Crippen molar-refractivity contribution in [3.05, 3.63) is 0 Å². The maximum Gasteiger partial charge on any atom is 0.341 e. The molecule has 0 N–H and O–H groups in total. The predicted octanol–water partition coefficient (Wildman–Crippen LogP) is 4.95. The molecule has 0 aromatic carbocycles. The van der Waals surface area contributed by atoms with E-state index in [0.717, 1.165) is 19.3 Å². The number of hydrogen-bond acceptors (Lipinski definition) is 0. The molecule has 0 heterocycles. The van der Waals surface area contributed by atoms with Crippen molar-refractivity contribution in [3.8, 4) is 0 Å². The highest BCUT2D eigenvalue weighted by atomic mass is 35.8. The molecule has 0 aromatic heterocycles. The molecule has 1 atom stereocenters. The Morgan fingerprint density at radius 3 is 2.23 bits per heavy atom. The van der Waals surface area contributed by atoms with Crippen LogP contribution in [0.4, 0.5) is 4.39 Å². The summed E-state index contributed by atoms with van der Waals surface area (Å²) in [5, 5.41) is 0. The Hall–Kier alpha value is 1.02. The molecular formula is C8H16Cl3FSi. The molecule has 0 spiro atoms. The van der Waals surface area contributed by atoms with E-state index >= 15 is 0 Å². The summed E-state index contributed by atoms with van der Waals surface area (Å²) < 4.78 is 13.1. The molecule has 0 nitrogen and oxygen atoms in total. The average molecular weight is 266 g/mol. The van der Waals surface area contributed by atoms with Gasteiger partial charge in [0.1, 0.15) is 0 Å². The van der Waals surface area contributed by atoms with E-state index in [1.165, 1.54) is 0 Å². The summed E-state index contributed by atoms with van der Waals surface area (Å²) in [6.07, 6.45) is 3.39. The second-order valence-corrected chi connectivity index (χ2v) is 12.5. The first-order valence-electron chi connectivity index (χ1n) is 4.66. The molecule has 0 fully saturated rings. The molecule has 0 radical (unpaired) electrons. The van der Waals surface area contributed by atoms with E-state index in [-0.39, 0.29) is 0 Å². The van der Waals surface area contributed by atoms with Gasteiger partial charge in [-0.2, -0.15) is 0 Å². The minimum atomic E-state index is -2.59. The van der Waals surface area contributed by atoms with Gasteiger partial charge in [0, 0.05) is 0 Å². The number of rotatable bonds is 7. The van der Waals surface area contributed by atoms with Gasteiger partial charge in [-0.1, -0.05) is 26.2 Å². The third kappa shape index (κ3) is 10.9. The SMILES string of the molecule is CCCCCC(F)CC[Si](Cl)(Cl)Cl. The van der Waals surface area contributed by atoms with Crippen LogP contribution in [0.2, 0.25) is 6.04 Å². The molecule has 0 aliphatic carbocycles. The normalized spacial score (nSPS) is 14.5. The Balaban J connectivity index is 3.35. The fourth-order valence-corrected chi connectivity index (χ4v) is 2.70. The summed E-state index contributed by atoms with van der Waals surface area (Å²) in [7, 11) is 0. The van der Waals surface area contributed by atoms with Crippen LogP contribution < -0.4 is 0 Å². The number of alkyl halides is 1. The van der Waals surface area contributed by atoms with Crippen LogP contribution in [0.1, 0.15) is 39.0 Å². The van der Waals surface area contributed by atoms with Gasteiger partial charge in [0.05, 0.1) is 6.17 Å². The lowest BCUT2D eigenvalue weighted by Gasteiger charge is -2.10. The van der Waals surface area contributed by atoms with Crippen molar-refractivity contribution in [3.63, 3.8) is 0 Å². The molecule has 0 aliphatic rings. The van der Waals surface area contributed by atoms with E-state index in [1.54, 1.807) is 0 Å². The van der Waals surface area contributed by atoms with E-state index in [4.69, 9.17) is 33.2 Å². The fraction of sp³-hybridized carbons (Fsp3) is 1.00. The third-order valence-corrected chi connectivity index (χ3v) is 4.42. The second kappa shape index (κ2) is 7.33. The number of unbranched alkanes of at least 4 members (excludes halogenated alkanes) is 2. The van der Waals surface area contributed by atoms with E-state index in [2.05, 4.69) is 6.92 Å². The first-order valence-corrected chi connectivity index (χ1v) is 9.91. The predicted molar refractivity (Wildman–Crippen MR) is 61.8 cm³/mol. The number of hydrogen-bond donors (Lipinski definition) is 0. The molecule has 13 heavy (non-hydrogen) atoms. The van der Waals surface area contributed by atoms with Gasteiger partial charge in [-0.3, -0.25) is 0 Å². The van der Waals surface area contributed by atoms with E-state index in [9.17, 15) is 4.39 Å². The zero-order valence-electron chi connectivity index (χ0n) is 7.83. The summed E-state index contributed by atoms with van der Waals surface area (Å²) >= 11 is 16.9. The summed E-state index contributed by atoms with van der Waals surface area (Å²) in [4.78, 5) is 0. The van der Waals surface area contributed by atoms with Crippen LogP contribution in [0.15, 0.2) is 0 Å². The molecule has 1 unspecified atom stereocenters. The van der Waals surface area contributed by atoms with Gasteiger partial charge in [-0.05, 0) is 18.9 Å². The van der Waals surface area contributed by atoms with Gasteiger partial charge in [0.25, 0.3) is 0 Å². The molecule has 0 amide bonds. The highest BCUT2D eigenvalue weighted by molar-refractivity contribution is 7.64. The molecule has 0 saturated carbocycles. The zero-order chi connectivity index (χ0) is 10.3. The standard InChI is InChI=1S/C8H16Cl3FSi/c1-2-3-4-5-8(12)6-7-13(9,10)11/h8H,2-7H2,1H3. The van der Waals surface area contributed by atoms with Crippen LogP contribution in [-0.2, 0) is 0 Å². The lowest BCUT2D eigenvalue weighted by molar-refractivity contribution is 0.297. The Kier molecular flexibility index (Phi) is 7.90. The fourth-order valence-electron chi connectivity index (χ4n) is 1.08. The third-order valence-electron chi connectivity index (χ3n) is 1.86. The highest BCUT2D eigenvalue weighted by Crippen LogP contribution is 2.28. The van der Waals surface area contributed by atoms with Crippen LogP contribution in [0.25, 0.3) is 0 Å². The van der Waals surface area contributed by atoms with Crippen LogP contribution in [0, 0.1) is 0 Å². The van der Waals surface area contributed by atoms with Crippen molar-refractivity contribution < 1.29 is 4.39 Å². The van der Waals surface area contributed by atoms with Crippen LogP contribution >= 0.6 is 33.2 Å². The Labute approximate surface area is 94.9 Å². The lowest BCUT2D eigenvalue weighted by atomic mass is 10.1. The Morgan fingerprint density at radius 1 is 1.15 bits per heavy atom. The summed E-state index contributed by atoms with van der Waals surface area (Å²) in [6, 6.07) is -2.16. The van der Waals surface area contributed by atoms with Gasteiger partial charge >= 0.3 is 6.00 Å². The van der Waals surface area contributed by atoms with Crippen molar-refractivity contribution in [2.45, 2.75) is 51.2 Å². The van der Waals surface area contributed by atoms with E-state index in [0.29, 0.717) is 18.9 Å². The van der Waals surface area contributed by atoms with Crippen molar-refractivity contribution >= 4 is 39.2 Å². The molecule has 0 aromatic rings. The Morgan fingerprint density at radius 2 is 1.77 bits per heavy atom. The highest BCUT2D eigenvalue weighted by Gasteiger charge is 2.25. The minimum Gasteiger partial charge on any atom is -0.248 e. The quantitative estimate of drug-likeness (QED) is 0.347. The van der Waals surface area contributed by atoms with E-state index in [1.807, 2.05) is 0 Å². The van der Waals surface area contributed by atoms with Gasteiger partial charge < -0.3 is 0 Å². The summed E-state index contributed by atoms with van der Waals surface area (Å²) in [6.45, 7) is 2.10. The van der Waals surface area contributed by atoms with E-state index < -0.39 is 12.2 Å². The van der Waals surface area contributed by atoms with Gasteiger partial charge in [0.15, 0.2) is 0 Å². The van der Waals surface area contributed by atoms with Crippen molar-refractivity contribution in [2.75, 3.05) is 0 Å². The van der Waals surface area contributed by atoms with Gasteiger partial charge in [0.2, 0.25) is 0 Å². The molecule has 0 saturated heterocycles. The van der Waals surface area contributed by atoms with Gasteiger partial charge in [-0.15, -0.1) is 33.2 Å². The van der Waals surface area contributed by atoms with Crippen LogP contribution in [-0.4, -0.2) is 12.2 Å². The maximum atomic E-state index is 13.1. The topological polar surface area (TPSA) is 0 Å². The Bertz CT molecular complexity index is 127. The average Bonchev–Trinajstić information content (AvgIpc) is 2.00. The lowest BCUT2D eigenvalue weighted by Crippen LogP contribution is -2.12. The molecule has 0 bridgehead atoms. The number of halogens is 4. The largest absolute Gasteiger partial charge is 0.341 e.